The number of thiophene rings is 1. The number of hydrogen-bond donors (Lipinski definition) is 1. The lowest BCUT2D eigenvalue weighted by molar-refractivity contribution is -0.113. The van der Waals surface area contributed by atoms with Crippen molar-refractivity contribution in [2.24, 2.45) is 0 Å². The van der Waals surface area contributed by atoms with Gasteiger partial charge in [-0.1, -0.05) is 49.2 Å². The van der Waals surface area contributed by atoms with Crippen molar-refractivity contribution in [3.05, 3.63) is 57.5 Å². The van der Waals surface area contributed by atoms with Crippen molar-refractivity contribution in [1.29, 1.82) is 0 Å². The van der Waals surface area contributed by atoms with Crippen LogP contribution in [0.2, 0.25) is 0 Å². The van der Waals surface area contributed by atoms with Crippen LogP contribution in [0.25, 0.3) is 0 Å². The zero-order valence-corrected chi connectivity index (χ0v) is 19.2. The lowest BCUT2D eigenvalue weighted by Gasteiger charge is -2.25. The first-order valence-electron chi connectivity index (χ1n) is 10.6. The van der Waals surface area contributed by atoms with Gasteiger partial charge in [-0.05, 0) is 55.3 Å². The molecule has 158 valence electrons. The van der Waals surface area contributed by atoms with E-state index in [9.17, 15) is 4.79 Å². The van der Waals surface area contributed by atoms with Crippen LogP contribution in [0.1, 0.15) is 60.0 Å². The molecule has 1 saturated carbocycles. The van der Waals surface area contributed by atoms with Crippen molar-refractivity contribution in [3.63, 3.8) is 0 Å². The van der Waals surface area contributed by atoms with Gasteiger partial charge in [0.05, 0.1) is 5.75 Å². The Morgan fingerprint density at radius 3 is 2.80 bits per heavy atom. The Morgan fingerprint density at radius 1 is 1.20 bits per heavy atom. The molecule has 7 heteroatoms. The minimum Gasteiger partial charge on any atom is -0.325 e. The summed E-state index contributed by atoms with van der Waals surface area (Å²) in [5.74, 6) is 1.34. The molecule has 2 heterocycles. The first-order chi connectivity index (χ1) is 14.6. The fourth-order valence-corrected chi connectivity index (χ4v) is 5.51. The number of aryl methyl sites for hydroxylation is 2. The summed E-state index contributed by atoms with van der Waals surface area (Å²) in [7, 11) is 0. The second-order valence-electron chi connectivity index (χ2n) is 7.97. The molecule has 0 saturated heterocycles. The average Bonchev–Trinajstić information content (AvgIpc) is 3.40. The highest BCUT2D eigenvalue weighted by atomic mass is 32.2. The zero-order chi connectivity index (χ0) is 20.9. The van der Waals surface area contributed by atoms with E-state index in [4.69, 9.17) is 0 Å². The van der Waals surface area contributed by atoms with E-state index < -0.39 is 0 Å². The molecular formula is C23H28N4OS2. The highest BCUT2D eigenvalue weighted by Crippen LogP contribution is 2.33. The van der Waals surface area contributed by atoms with Crippen molar-refractivity contribution in [2.45, 2.75) is 63.6 Å². The molecule has 1 aliphatic rings. The van der Waals surface area contributed by atoms with E-state index in [2.05, 4.69) is 43.7 Å². The second kappa shape index (κ2) is 9.79. The number of benzene rings is 1. The van der Waals surface area contributed by atoms with E-state index in [0.717, 1.165) is 47.1 Å². The third kappa shape index (κ3) is 5.13. The standard InChI is InChI=1S/C23H28N4OS2/c1-16-10-11-17(2)20(13-16)24-22(28)15-30-23-26-25-21(14-19-9-6-12-29-19)27(23)18-7-4-3-5-8-18/h6,9-13,18H,3-5,7-8,14-15H2,1-2H3,(H,24,28). The van der Waals surface area contributed by atoms with E-state index in [1.807, 2.05) is 26.0 Å². The van der Waals surface area contributed by atoms with Crippen molar-refractivity contribution in [3.8, 4) is 0 Å². The highest BCUT2D eigenvalue weighted by molar-refractivity contribution is 7.99. The van der Waals surface area contributed by atoms with Gasteiger partial charge in [0.25, 0.3) is 0 Å². The van der Waals surface area contributed by atoms with E-state index in [0.29, 0.717) is 11.8 Å². The highest BCUT2D eigenvalue weighted by Gasteiger charge is 2.23. The summed E-state index contributed by atoms with van der Waals surface area (Å²) in [6, 6.07) is 10.8. The molecule has 2 aromatic heterocycles. The summed E-state index contributed by atoms with van der Waals surface area (Å²) in [5.41, 5.74) is 3.09. The minimum atomic E-state index is -0.00768. The summed E-state index contributed by atoms with van der Waals surface area (Å²) < 4.78 is 2.31. The van der Waals surface area contributed by atoms with Gasteiger partial charge in [0.2, 0.25) is 5.91 Å². The van der Waals surface area contributed by atoms with Gasteiger partial charge in [-0.15, -0.1) is 21.5 Å². The van der Waals surface area contributed by atoms with Gasteiger partial charge in [-0.2, -0.15) is 0 Å². The Hall–Kier alpha value is -2.12. The van der Waals surface area contributed by atoms with Gasteiger partial charge < -0.3 is 9.88 Å². The zero-order valence-electron chi connectivity index (χ0n) is 17.6. The second-order valence-corrected chi connectivity index (χ2v) is 9.95. The summed E-state index contributed by atoms with van der Waals surface area (Å²) >= 11 is 3.24. The number of rotatable bonds is 7. The lowest BCUT2D eigenvalue weighted by Crippen LogP contribution is -2.18. The van der Waals surface area contributed by atoms with Crippen LogP contribution < -0.4 is 5.32 Å². The summed E-state index contributed by atoms with van der Waals surface area (Å²) in [4.78, 5) is 13.9. The van der Waals surface area contributed by atoms with Gasteiger partial charge in [-0.25, -0.2) is 0 Å². The first-order valence-corrected chi connectivity index (χ1v) is 12.4. The van der Waals surface area contributed by atoms with Crippen molar-refractivity contribution >= 4 is 34.7 Å². The molecule has 1 fully saturated rings. The smallest absolute Gasteiger partial charge is 0.234 e. The quantitative estimate of drug-likeness (QED) is 0.473. The largest absolute Gasteiger partial charge is 0.325 e. The number of carbonyl (C=O) groups is 1. The van der Waals surface area contributed by atoms with Crippen LogP contribution in [0, 0.1) is 13.8 Å². The molecule has 0 bridgehead atoms. The summed E-state index contributed by atoms with van der Waals surface area (Å²) in [5, 5.41) is 15.0. The van der Waals surface area contributed by atoms with Crippen molar-refractivity contribution in [1.82, 2.24) is 14.8 Å². The molecule has 5 nitrogen and oxygen atoms in total. The molecule has 1 aliphatic carbocycles. The van der Waals surface area contributed by atoms with Gasteiger partial charge in [-0.3, -0.25) is 4.79 Å². The van der Waals surface area contributed by atoms with Gasteiger partial charge in [0.15, 0.2) is 5.16 Å². The van der Waals surface area contributed by atoms with Gasteiger partial charge >= 0.3 is 0 Å². The molecule has 0 aliphatic heterocycles. The number of aromatic nitrogens is 3. The fraction of sp³-hybridized carbons (Fsp3) is 0.435. The molecule has 0 spiro atoms. The van der Waals surface area contributed by atoms with Crippen molar-refractivity contribution < 1.29 is 4.79 Å². The van der Waals surface area contributed by atoms with Crippen LogP contribution >= 0.6 is 23.1 Å². The molecule has 3 aromatic rings. The SMILES string of the molecule is Cc1ccc(C)c(NC(=O)CSc2nnc(Cc3cccs3)n2C2CCCCC2)c1. The minimum absolute atomic E-state index is 0.00768. The van der Waals surface area contributed by atoms with E-state index >= 15 is 0 Å². The maximum atomic E-state index is 12.6. The Morgan fingerprint density at radius 2 is 2.03 bits per heavy atom. The third-order valence-electron chi connectivity index (χ3n) is 5.59. The Labute approximate surface area is 186 Å². The van der Waals surface area contributed by atoms with Gasteiger partial charge in [0.1, 0.15) is 5.82 Å². The number of carbonyl (C=O) groups excluding carboxylic acids is 1. The summed E-state index contributed by atoms with van der Waals surface area (Å²) in [6.07, 6.45) is 6.93. The molecule has 1 N–H and O–H groups in total. The number of hydrogen-bond acceptors (Lipinski definition) is 5. The number of amides is 1. The topological polar surface area (TPSA) is 59.8 Å². The molecule has 0 radical (unpaired) electrons. The van der Waals surface area contributed by atoms with Crippen molar-refractivity contribution in [2.75, 3.05) is 11.1 Å². The molecule has 1 amide bonds. The fourth-order valence-electron chi connectivity index (χ4n) is 3.99. The number of thioether (sulfide) groups is 1. The maximum Gasteiger partial charge on any atom is 0.234 e. The van der Waals surface area contributed by atoms with Crippen LogP contribution in [0.3, 0.4) is 0 Å². The van der Waals surface area contributed by atoms with E-state index in [-0.39, 0.29) is 5.91 Å². The monoisotopic (exact) mass is 440 g/mol. The number of anilines is 1. The van der Waals surface area contributed by atoms with Gasteiger partial charge in [0, 0.05) is 23.0 Å². The predicted octanol–water partition coefficient (Wildman–Crippen LogP) is 5.78. The average molecular weight is 441 g/mol. The van der Waals surface area contributed by atoms with Crippen LogP contribution in [-0.2, 0) is 11.2 Å². The molecule has 0 unspecified atom stereocenters. The van der Waals surface area contributed by atoms with Crippen LogP contribution in [0.4, 0.5) is 5.69 Å². The predicted molar refractivity (Wildman–Crippen MR) is 125 cm³/mol. The normalized spacial score (nSPS) is 14.7. The van der Waals surface area contributed by atoms with Crippen LogP contribution in [0.5, 0.6) is 0 Å². The molecular weight excluding hydrogens is 412 g/mol. The lowest BCUT2D eigenvalue weighted by atomic mass is 9.95. The number of nitrogens with zero attached hydrogens (tertiary/aromatic N) is 3. The molecule has 0 atom stereocenters. The first kappa shape index (κ1) is 21.1. The number of nitrogens with one attached hydrogen (secondary N) is 1. The maximum absolute atomic E-state index is 12.6. The van der Waals surface area contributed by atoms with Crippen LogP contribution in [0.15, 0.2) is 40.9 Å². The molecule has 1 aromatic carbocycles. The molecule has 30 heavy (non-hydrogen) atoms. The third-order valence-corrected chi connectivity index (χ3v) is 7.41. The Kier molecular flexibility index (Phi) is 6.89. The van der Waals surface area contributed by atoms with E-state index in [1.54, 1.807) is 11.3 Å². The summed E-state index contributed by atoms with van der Waals surface area (Å²) in [6.45, 7) is 4.05. The van der Waals surface area contributed by atoms with Crippen LogP contribution in [-0.4, -0.2) is 26.4 Å². The molecule has 4 rings (SSSR count). The van der Waals surface area contributed by atoms with E-state index in [1.165, 1.54) is 35.9 Å². The Bertz CT molecular complexity index is 991. The Balaban J connectivity index is 1.48.